The highest BCUT2D eigenvalue weighted by Crippen LogP contribution is 2.35. The van der Waals surface area contributed by atoms with Gasteiger partial charge in [0.15, 0.2) is 5.78 Å². The van der Waals surface area contributed by atoms with Crippen molar-refractivity contribution in [2.45, 2.75) is 26.2 Å². The van der Waals surface area contributed by atoms with Crippen molar-refractivity contribution in [1.82, 2.24) is 14.1 Å². The second-order valence-corrected chi connectivity index (χ2v) is 6.63. The number of Topliss-reactive ketones (excluding diaryl/α,β-unsaturated/α-hetero) is 1. The van der Waals surface area contributed by atoms with E-state index in [1.54, 1.807) is 6.92 Å². The Hall–Kier alpha value is -2.89. The average molecular weight is 337 g/mol. The third kappa shape index (κ3) is 2.28. The molecule has 4 rings (SSSR count). The molecule has 0 saturated heterocycles. The average Bonchev–Trinajstić information content (AvgIpc) is 3.10. The molecular weight excluding hydrogens is 318 g/mol. The first-order valence-electron chi connectivity index (χ1n) is 8.35. The van der Waals surface area contributed by atoms with Crippen LogP contribution < -0.4 is 0 Å². The lowest BCUT2D eigenvalue weighted by Gasteiger charge is -2.22. The van der Waals surface area contributed by atoms with Gasteiger partial charge in [0.2, 0.25) is 0 Å². The molecule has 1 aliphatic rings. The van der Waals surface area contributed by atoms with Gasteiger partial charge in [-0.1, -0.05) is 18.2 Å². The number of rotatable bonds is 2. The van der Waals surface area contributed by atoms with Crippen molar-refractivity contribution in [2.75, 3.05) is 0 Å². The summed E-state index contributed by atoms with van der Waals surface area (Å²) in [6, 6.07) is 7.94. The van der Waals surface area contributed by atoms with Gasteiger partial charge in [-0.3, -0.25) is 4.79 Å². The van der Waals surface area contributed by atoms with Crippen LogP contribution >= 0.6 is 0 Å². The molecule has 128 valence electrons. The number of ketones is 1. The highest BCUT2D eigenvalue weighted by atomic mass is 16.4. The van der Waals surface area contributed by atoms with Gasteiger partial charge in [0.05, 0.1) is 11.4 Å². The Morgan fingerprint density at radius 2 is 2.12 bits per heavy atom. The summed E-state index contributed by atoms with van der Waals surface area (Å²) >= 11 is 0. The van der Waals surface area contributed by atoms with Gasteiger partial charge in [0.1, 0.15) is 6.33 Å². The fourth-order valence-electron chi connectivity index (χ4n) is 3.96. The molecule has 0 aliphatic heterocycles. The number of aryl methyl sites for hydroxylation is 2. The molecule has 1 aliphatic carbocycles. The molecule has 3 aromatic rings. The number of carboxylic acid groups (broad SMARTS) is 1. The Balaban J connectivity index is 1.75. The molecule has 25 heavy (non-hydrogen) atoms. The summed E-state index contributed by atoms with van der Waals surface area (Å²) in [6.45, 7) is 1.78. The van der Waals surface area contributed by atoms with Crippen molar-refractivity contribution in [2.24, 2.45) is 13.0 Å². The van der Waals surface area contributed by atoms with Crippen LogP contribution in [0.15, 0.2) is 30.6 Å². The monoisotopic (exact) mass is 337 g/mol. The number of benzene rings is 1. The maximum atomic E-state index is 13.2. The van der Waals surface area contributed by atoms with Crippen LogP contribution in [0.25, 0.3) is 10.9 Å². The quantitative estimate of drug-likeness (QED) is 0.779. The van der Waals surface area contributed by atoms with E-state index in [1.807, 2.05) is 31.3 Å². The van der Waals surface area contributed by atoms with Gasteiger partial charge in [-0.2, -0.15) is 0 Å². The molecule has 2 aromatic heterocycles. The summed E-state index contributed by atoms with van der Waals surface area (Å²) in [5, 5.41) is 10.3. The molecule has 2 heterocycles. The number of carbonyl (C=O) groups is 2. The summed E-state index contributed by atoms with van der Waals surface area (Å²) in [5.74, 6) is -0.109. The number of hydrogen-bond acceptors (Lipinski definition) is 3. The van der Waals surface area contributed by atoms with Crippen molar-refractivity contribution in [1.29, 1.82) is 0 Å². The minimum atomic E-state index is -1.07. The summed E-state index contributed by atoms with van der Waals surface area (Å²) in [6.07, 6.45) is 2.19. The van der Waals surface area contributed by atoms with E-state index in [0.29, 0.717) is 17.8 Å². The minimum absolute atomic E-state index is 0.107. The molecular formula is C19H19N3O3. The Morgan fingerprint density at radius 3 is 2.88 bits per heavy atom. The van der Waals surface area contributed by atoms with Crippen LogP contribution in [0.2, 0.25) is 0 Å². The van der Waals surface area contributed by atoms with Crippen molar-refractivity contribution in [3.63, 3.8) is 0 Å². The second-order valence-electron chi connectivity index (χ2n) is 6.63. The Kier molecular flexibility index (Phi) is 3.49. The lowest BCUT2D eigenvalue weighted by atomic mass is 9.82. The molecule has 0 radical (unpaired) electrons. The van der Waals surface area contributed by atoms with E-state index in [2.05, 4.69) is 9.55 Å². The SMILES string of the molecule is Cc1ncn(C(=O)O)c1CC1CCc2c(c3ccccc3n2C)C1=O. The second kappa shape index (κ2) is 5.58. The van der Waals surface area contributed by atoms with Crippen LogP contribution in [0.3, 0.4) is 0 Å². The standard InChI is InChI=1S/C19H19N3O3/c1-11-16(22(10-20-11)19(24)25)9-12-7-8-15-17(18(12)23)13-5-3-4-6-14(13)21(15)2/h3-6,10,12H,7-9H2,1-2H3,(H,24,25). The maximum Gasteiger partial charge on any atom is 0.417 e. The number of imidazole rings is 1. The summed E-state index contributed by atoms with van der Waals surface area (Å²) in [4.78, 5) is 28.6. The van der Waals surface area contributed by atoms with E-state index in [4.69, 9.17) is 0 Å². The van der Waals surface area contributed by atoms with Gasteiger partial charge >= 0.3 is 6.09 Å². The lowest BCUT2D eigenvalue weighted by Crippen LogP contribution is -2.26. The van der Waals surface area contributed by atoms with Crippen molar-refractivity contribution in [3.8, 4) is 0 Å². The number of para-hydroxylation sites is 1. The predicted molar refractivity (Wildman–Crippen MR) is 93.2 cm³/mol. The van der Waals surface area contributed by atoms with Crippen LogP contribution in [-0.2, 0) is 19.9 Å². The van der Waals surface area contributed by atoms with Gasteiger partial charge in [-0.25, -0.2) is 14.3 Å². The van der Waals surface area contributed by atoms with E-state index in [0.717, 1.165) is 39.6 Å². The molecule has 1 atom stereocenters. The van der Waals surface area contributed by atoms with Crippen LogP contribution in [0.5, 0.6) is 0 Å². The molecule has 6 heteroatoms. The zero-order valence-corrected chi connectivity index (χ0v) is 14.2. The topological polar surface area (TPSA) is 77.1 Å². The fourth-order valence-corrected chi connectivity index (χ4v) is 3.96. The molecule has 0 spiro atoms. The van der Waals surface area contributed by atoms with Gasteiger partial charge in [0, 0.05) is 41.5 Å². The van der Waals surface area contributed by atoms with E-state index >= 15 is 0 Å². The zero-order chi connectivity index (χ0) is 17.7. The molecule has 6 nitrogen and oxygen atoms in total. The first-order chi connectivity index (χ1) is 12.0. The molecule has 0 bridgehead atoms. The van der Waals surface area contributed by atoms with Crippen molar-refractivity contribution < 1.29 is 14.7 Å². The number of nitrogens with zero attached hydrogens (tertiary/aromatic N) is 3. The summed E-state index contributed by atoms with van der Waals surface area (Å²) in [5.41, 5.74) is 4.21. The molecule has 1 unspecified atom stereocenters. The molecule has 0 amide bonds. The van der Waals surface area contributed by atoms with Crippen LogP contribution in [-0.4, -0.2) is 31.1 Å². The van der Waals surface area contributed by atoms with Gasteiger partial charge in [0.25, 0.3) is 0 Å². The number of hydrogen-bond donors (Lipinski definition) is 1. The van der Waals surface area contributed by atoms with Gasteiger partial charge in [-0.05, 0) is 25.8 Å². The highest BCUT2D eigenvalue weighted by molar-refractivity contribution is 6.11. The van der Waals surface area contributed by atoms with Crippen LogP contribution in [0.4, 0.5) is 4.79 Å². The van der Waals surface area contributed by atoms with Crippen molar-refractivity contribution >= 4 is 22.8 Å². The van der Waals surface area contributed by atoms with Crippen LogP contribution in [0, 0.1) is 12.8 Å². The molecule has 1 N–H and O–H groups in total. The third-order valence-corrected chi connectivity index (χ3v) is 5.30. The van der Waals surface area contributed by atoms with E-state index in [-0.39, 0.29) is 11.7 Å². The van der Waals surface area contributed by atoms with Crippen LogP contribution in [0.1, 0.15) is 33.9 Å². The first-order valence-corrected chi connectivity index (χ1v) is 8.35. The number of fused-ring (bicyclic) bond motifs is 3. The summed E-state index contributed by atoms with van der Waals surface area (Å²) in [7, 11) is 2.00. The number of aromatic nitrogens is 3. The van der Waals surface area contributed by atoms with E-state index in [1.165, 1.54) is 6.33 Å². The normalized spacial score (nSPS) is 17.0. The lowest BCUT2D eigenvalue weighted by molar-refractivity contribution is 0.0900. The van der Waals surface area contributed by atoms with Crippen molar-refractivity contribution in [3.05, 3.63) is 53.2 Å². The largest absolute Gasteiger partial charge is 0.464 e. The first kappa shape index (κ1) is 15.6. The molecule has 0 fully saturated rings. The van der Waals surface area contributed by atoms with Gasteiger partial charge < -0.3 is 9.67 Å². The Labute approximate surface area is 144 Å². The summed E-state index contributed by atoms with van der Waals surface area (Å²) < 4.78 is 3.23. The maximum absolute atomic E-state index is 13.2. The highest BCUT2D eigenvalue weighted by Gasteiger charge is 2.33. The fraction of sp³-hybridized carbons (Fsp3) is 0.316. The zero-order valence-electron chi connectivity index (χ0n) is 14.2. The third-order valence-electron chi connectivity index (χ3n) is 5.30. The Bertz CT molecular complexity index is 1010. The Morgan fingerprint density at radius 1 is 1.36 bits per heavy atom. The van der Waals surface area contributed by atoms with E-state index < -0.39 is 6.09 Å². The smallest absolute Gasteiger partial charge is 0.417 e. The molecule has 0 saturated carbocycles. The van der Waals surface area contributed by atoms with E-state index in [9.17, 15) is 14.7 Å². The predicted octanol–water partition coefficient (Wildman–Crippen LogP) is 3.20. The van der Waals surface area contributed by atoms with Gasteiger partial charge in [-0.15, -0.1) is 0 Å². The minimum Gasteiger partial charge on any atom is -0.464 e. The molecule has 1 aromatic carbocycles. The number of carbonyl (C=O) groups excluding carboxylic acids is 1.